The number of fused-ring (bicyclic) bond motifs is 1. The molecule has 1 aliphatic carbocycles. The molecule has 0 spiro atoms. The zero-order valence-electron chi connectivity index (χ0n) is 10.1. The van der Waals surface area contributed by atoms with E-state index in [0.717, 1.165) is 25.1 Å². The van der Waals surface area contributed by atoms with E-state index >= 15 is 0 Å². The molecule has 0 saturated heterocycles. The minimum atomic E-state index is 0.388. The number of aromatic nitrogens is 3. The Kier molecular flexibility index (Phi) is 3.09. The molecule has 1 fully saturated rings. The van der Waals surface area contributed by atoms with Crippen LogP contribution < -0.4 is 5.32 Å². The summed E-state index contributed by atoms with van der Waals surface area (Å²) >= 11 is 5.90. The van der Waals surface area contributed by atoms with Crippen molar-refractivity contribution in [2.45, 2.75) is 31.9 Å². The number of nitrogens with one attached hydrogen (secondary N) is 1. The maximum atomic E-state index is 5.90. The Morgan fingerprint density at radius 1 is 1.50 bits per heavy atom. The first-order valence-electron chi connectivity index (χ1n) is 6.14. The third kappa shape index (κ3) is 2.28. The van der Waals surface area contributed by atoms with E-state index in [9.17, 15) is 0 Å². The van der Waals surface area contributed by atoms with Gasteiger partial charge in [-0.15, -0.1) is 5.10 Å². The van der Waals surface area contributed by atoms with Crippen molar-refractivity contribution in [3.8, 4) is 0 Å². The van der Waals surface area contributed by atoms with Crippen LogP contribution >= 0.6 is 11.6 Å². The van der Waals surface area contributed by atoms with Crippen LogP contribution in [0.2, 0.25) is 5.02 Å². The second-order valence-electron chi connectivity index (χ2n) is 4.48. The molecule has 3 rings (SSSR count). The van der Waals surface area contributed by atoms with Gasteiger partial charge in [-0.3, -0.25) is 0 Å². The van der Waals surface area contributed by atoms with Crippen LogP contribution in [0.3, 0.4) is 0 Å². The molecule has 1 aliphatic rings. The summed E-state index contributed by atoms with van der Waals surface area (Å²) in [5, 5.41) is 8.30. The van der Waals surface area contributed by atoms with Crippen LogP contribution in [0.5, 0.6) is 0 Å². The van der Waals surface area contributed by atoms with Gasteiger partial charge in [-0.2, -0.15) is 4.98 Å². The van der Waals surface area contributed by atoms with E-state index in [0.29, 0.717) is 23.1 Å². The van der Waals surface area contributed by atoms with Gasteiger partial charge in [0.25, 0.3) is 0 Å². The first-order chi connectivity index (χ1) is 8.74. The highest BCUT2D eigenvalue weighted by molar-refractivity contribution is 6.30. The Bertz CT molecular complexity index is 550. The molecule has 2 heterocycles. The minimum Gasteiger partial charge on any atom is -0.378 e. The van der Waals surface area contributed by atoms with Crippen molar-refractivity contribution in [1.29, 1.82) is 0 Å². The lowest BCUT2D eigenvalue weighted by molar-refractivity contribution is 0.00286. The molecular formula is C12H15ClN4O. The molecule has 0 unspecified atom stereocenters. The molecule has 0 atom stereocenters. The fraction of sp³-hybridized carbons (Fsp3) is 0.500. The van der Waals surface area contributed by atoms with Crippen LogP contribution in [-0.4, -0.2) is 33.4 Å². The molecule has 0 amide bonds. The van der Waals surface area contributed by atoms with Crippen molar-refractivity contribution in [3.63, 3.8) is 0 Å². The van der Waals surface area contributed by atoms with Crippen LogP contribution in [0.4, 0.5) is 5.95 Å². The normalized spacial score (nSPS) is 23.0. The Morgan fingerprint density at radius 3 is 3.11 bits per heavy atom. The fourth-order valence-corrected chi connectivity index (χ4v) is 2.31. The zero-order valence-corrected chi connectivity index (χ0v) is 10.9. The topological polar surface area (TPSA) is 51.5 Å². The number of pyridine rings is 1. The first-order valence-corrected chi connectivity index (χ1v) is 6.52. The van der Waals surface area contributed by atoms with E-state index in [1.165, 1.54) is 0 Å². The van der Waals surface area contributed by atoms with E-state index in [4.69, 9.17) is 16.3 Å². The predicted molar refractivity (Wildman–Crippen MR) is 70.1 cm³/mol. The summed E-state index contributed by atoms with van der Waals surface area (Å²) in [6.45, 7) is 2.80. The van der Waals surface area contributed by atoms with Crippen molar-refractivity contribution in [2.24, 2.45) is 0 Å². The Morgan fingerprint density at radius 2 is 2.33 bits per heavy atom. The van der Waals surface area contributed by atoms with Gasteiger partial charge in [-0.25, -0.2) is 4.52 Å². The highest BCUT2D eigenvalue weighted by Gasteiger charge is 2.30. The first kappa shape index (κ1) is 11.7. The monoisotopic (exact) mass is 266 g/mol. The third-order valence-corrected chi connectivity index (χ3v) is 3.35. The van der Waals surface area contributed by atoms with Crippen LogP contribution in [0.1, 0.15) is 19.8 Å². The molecule has 0 bridgehead atoms. The SMILES string of the molecule is CCOC1CC(Nc2nc3ccc(Cl)cn3n2)C1. The molecule has 6 heteroatoms. The quantitative estimate of drug-likeness (QED) is 0.923. The van der Waals surface area contributed by atoms with Gasteiger partial charge in [0, 0.05) is 18.8 Å². The average molecular weight is 267 g/mol. The summed E-state index contributed by atoms with van der Waals surface area (Å²) in [7, 11) is 0. The van der Waals surface area contributed by atoms with Crippen LogP contribution in [0, 0.1) is 0 Å². The Hall–Kier alpha value is -1.33. The summed E-state index contributed by atoms with van der Waals surface area (Å²) < 4.78 is 7.20. The molecule has 2 aromatic heterocycles. The molecule has 0 aromatic carbocycles. The fourth-order valence-electron chi connectivity index (χ4n) is 2.16. The van der Waals surface area contributed by atoms with Crippen LogP contribution in [0.25, 0.3) is 5.65 Å². The van der Waals surface area contributed by atoms with Crippen molar-refractivity contribution in [2.75, 3.05) is 11.9 Å². The molecule has 18 heavy (non-hydrogen) atoms. The number of hydrogen-bond acceptors (Lipinski definition) is 4. The molecule has 1 saturated carbocycles. The van der Waals surface area contributed by atoms with Gasteiger partial charge in [0.15, 0.2) is 5.65 Å². The maximum absolute atomic E-state index is 5.90. The number of nitrogens with zero attached hydrogens (tertiary/aromatic N) is 3. The van der Waals surface area contributed by atoms with Crippen LogP contribution in [-0.2, 0) is 4.74 Å². The molecule has 96 valence electrons. The van der Waals surface area contributed by atoms with Gasteiger partial charge in [-0.1, -0.05) is 11.6 Å². The van der Waals surface area contributed by atoms with E-state index < -0.39 is 0 Å². The minimum absolute atomic E-state index is 0.388. The second kappa shape index (κ2) is 4.74. The number of halogens is 1. The van der Waals surface area contributed by atoms with E-state index in [-0.39, 0.29) is 0 Å². The second-order valence-corrected chi connectivity index (χ2v) is 4.91. The lowest BCUT2D eigenvalue weighted by Gasteiger charge is -2.34. The van der Waals surface area contributed by atoms with Gasteiger partial charge < -0.3 is 10.1 Å². The molecule has 5 nitrogen and oxygen atoms in total. The van der Waals surface area contributed by atoms with Gasteiger partial charge in [0.2, 0.25) is 5.95 Å². The van der Waals surface area contributed by atoms with Crippen LogP contribution in [0.15, 0.2) is 18.3 Å². The molecule has 2 aromatic rings. The molecule has 1 N–H and O–H groups in total. The number of rotatable bonds is 4. The molecule has 0 aliphatic heterocycles. The Labute approximate surface area is 110 Å². The zero-order chi connectivity index (χ0) is 12.5. The summed E-state index contributed by atoms with van der Waals surface area (Å²) in [4.78, 5) is 4.39. The van der Waals surface area contributed by atoms with Gasteiger partial charge in [0.1, 0.15) is 0 Å². The van der Waals surface area contributed by atoms with Gasteiger partial charge in [0.05, 0.1) is 11.1 Å². The molecular weight excluding hydrogens is 252 g/mol. The smallest absolute Gasteiger partial charge is 0.243 e. The summed E-state index contributed by atoms with van der Waals surface area (Å²) in [6, 6.07) is 4.07. The van der Waals surface area contributed by atoms with Gasteiger partial charge >= 0.3 is 0 Å². The largest absolute Gasteiger partial charge is 0.378 e. The van der Waals surface area contributed by atoms with E-state index in [2.05, 4.69) is 15.4 Å². The highest BCUT2D eigenvalue weighted by Crippen LogP contribution is 2.26. The van der Waals surface area contributed by atoms with E-state index in [1.54, 1.807) is 10.7 Å². The van der Waals surface area contributed by atoms with Crippen molar-refractivity contribution in [1.82, 2.24) is 14.6 Å². The standard InChI is InChI=1S/C12H15ClN4O/c1-2-18-10-5-9(6-10)14-12-15-11-4-3-8(13)7-17(11)16-12/h3-4,7,9-10H,2,5-6H2,1H3,(H,14,16). The molecule has 0 radical (unpaired) electrons. The maximum Gasteiger partial charge on any atom is 0.243 e. The summed E-state index contributed by atoms with van der Waals surface area (Å²) in [5.74, 6) is 0.650. The van der Waals surface area contributed by atoms with Gasteiger partial charge in [-0.05, 0) is 31.9 Å². The number of anilines is 1. The lowest BCUT2D eigenvalue weighted by atomic mass is 9.89. The van der Waals surface area contributed by atoms with Crippen molar-refractivity contribution < 1.29 is 4.74 Å². The highest BCUT2D eigenvalue weighted by atomic mass is 35.5. The van der Waals surface area contributed by atoms with E-state index in [1.807, 2.05) is 19.1 Å². The lowest BCUT2D eigenvalue weighted by Crippen LogP contribution is -2.41. The number of hydrogen-bond donors (Lipinski definition) is 1. The Balaban J connectivity index is 1.65. The third-order valence-electron chi connectivity index (χ3n) is 3.13. The van der Waals surface area contributed by atoms with Crippen molar-refractivity contribution >= 4 is 23.2 Å². The van der Waals surface area contributed by atoms with Crippen molar-refractivity contribution in [3.05, 3.63) is 23.4 Å². The summed E-state index contributed by atoms with van der Waals surface area (Å²) in [5.41, 5.74) is 0.794. The average Bonchev–Trinajstić information content (AvgIpc) is 2.68. The number of ether oxygens (including phenoxy) is 1. The summed E-state index contributed by atoms with van der Waals surface area (Å²) in [6.07, 6.45) is 4.17. The predicted octanol–water partition coefficient (Wildman–Crippen LogP) is 2.36.